The first-order valence-electron chi connectivity index (χ1n) is 5.48. The summed E-state index contributed by atoms with van der Waals surface area (Å²) >= 11 is 0. The zero-order valence-electron chi connectivity index (χ0n) is 10.0. The van der Waals surface area contributed by atoms with E-state index in [1.54, 1.807) is 13.1 Å². The number of nitrogen functional groups attached to an aromatic ring is 1. The Hall–Kier alpha value is -2.50. The molecule has 0 aliphatic rings. The van der Waals surface area contributed by atoms with Crippen molar-refractivity contribution in [2.24, 2.45) is 7.05 Å². The van der Waals surface area contributed by atoms with E-state index in [4.69, 9.17) is 10.2 Å². The fraction of sp³-hybridized carbons (Fsp3) is 0.167. The van der Waals surface area contributed by atoms with Crippen molar-refractivity contribution in [3.63, 3.8) is 0 Å². The highest BCUT2D eigenvalue weighted by Gasteiger charge is 2.11. The Balaban J connectivity index is 2.28. The average molecular weight is 244 g/mol. The van der Waals surface area contributed by atoms with E-state index >= 15 is 0 Å². The van der Waals surface area contributed by atoms with Crippen LogP contribution in [-0.4, -0.2) is 14.8 Å². The van der Waals surface area contributed by atoms with Crippen LogP contribution in [0.5, 0.6) is 0 Å². The molecule has 0 spiro atoms. The van der Waals surface area contributed by atoms with E-state index in [1.165, 1.54) is 4.57 Å². The molecule has 6 nitrogen and oxygen atoms in total. The minimum Gasteiger partial charge on any atom is -0.408 e. The number of rotatable bonds is 1. The highest BCUT2D eigenvalue weighted by Crippen LogP contribution is 2.26. The monoisotopic (exact) mass is 244 g/mol. The first-order chi connectivity index (χ1) is 8.58. The number of nitrogens with zero attached hydrogens (tertiary/aromatic N) is 2. The third-order valence-electron chi connectivity index (χ3n) is 3.13. The molecule has 92 valence electrons. The topological polar surface area (TPSA) is 89.8 Å². The molecule has 0 atom stereocenters. The first-order valence-corrected chi connectivity index (χ1v) is 5.48. The van der Waals surface area contributed by atoms with Gasteiger partial charge >= 0.3 is 5.76 Å². The summed E-state index contributed by atoms with van der Waals surface area (Å²) in [5.74, 6) is 0.106. The molecule has 3 rings (SSSR count). The molecule has 0 bridgehead atoms. The Labute approximate surface area is 102 Å². The van der Waals surface area contributed by atoms with E-state index in [0.29, 0.717) is 11.4 Å². The number of hydrogen-bond acceptors (Lipinski definition) is 4. The van der Waals surface area contributed by atoms with Crippen LogP contribution in [0.1, 0.15) is 5.56 Å². The molecule has 0 fully saturated rings. The van der Waals surface area contributed by atoms with Gasteiger partial charge in [0.2, 0.25) is 0 Å². The molecule has 2 heterocycles. The molecule has 0 amide bonds. The highest BCUT2D eigenvalue weighted by atomic mass is 16.4. The van der Waals surface area contributed by atoms with Gasteiger partial charge in [0.05, 0.1) is 11.2 Å². The van der Waals surface area contributed by atoms with Gasteiger partial charge in [-0.15, -0.1) is 0 Å². The van der Waals surface area contributed by atoms with Crippen LogP contribution < -0.4 is 11.5 Å². The lowest BCUT2D eigenvalue weighted by molar-refractivity contribution is 0.528. The minimum atomic E-state index is -0.372. The number of benzene rings is 1. The zero-order valence-corrected chi connectivity index (χ0v) is 10.0. The fourth-order valence-corrected chi connectivity index (χ4v) is 1.98. The Morgan fingerprint density at radius 2 is 2.22 bits per heavy atom. The molecular weight excluding hydrogens is 232 g/mol. The lowest BCUT2D eigenvalue weighted by Crippen LogP contribution is -2.08. The number of fused-ring (bicyclic) bond motifs is 1. The number of oxazole rings is 1. The number of aryl methyl sites for hydroxylation is 1. The molecule has 0 saturated carbocycles. The normalized spacial score (nSPS) is 11.2. The molecule has 18 heavy (non-hydrogen) atoms. The lowest BCUT2D eigenvalue weighted by Gasteiger charge is -2.00. The second kappa shape index (κ2) is 3.49. The van der Waals surface area contributed by atoms with Crippen molar-refractivity contribution < 1.29 is 4.42 Å². The molecule has 0 saturated heterocycles. The molecule has 0 unspecified atom stereocenters. The van der Waals surface area contributed by atoms with Crippen LogP contribution >= 0.6 is 0 Å². The Morgan fingerprint density at radius 1 is 1.44 bits per heavy atom. The maximum Gasteiger partial charge on any atom is 0.419 e. The lowest BCUT2D eigenvalue weighted by atomic mass is 10.1. The molecule has 1 aromatic carbocycles. The second-order valence-electron chi connectivity index (χ2n) is 4.22. The first kappa shape index (κ1) is 10.6. The summed E-state index contributed by atoms with van der Waals surface area (Å²) < 4.78 is 6.55. The predicted octanol–water partition coefficient (Wildman–Crippen LogP) is 1.41. The van der Waals surface area contributed by atoms with Gasteiger partial charge in [0.25, 0.3) is 0 Å². The van der Waals surface area contributed by atoms with Gasteiger partial charge in [-0.2, -0.15) is 5.10 Å². The van der Waals surface area contributed by atoms with Crippen LogP contribution in [0.3, 0.4) is 0 Å². The van der Waals surface area contributed by atoms with E-state index < -0.39 is 0 Å². The van der Waals surface area contributed by atoms with E-state index in [-0.39, 0.29) is 5.76 Å². The third kappa shape index (κ3) is 1.35. The summed E-state index contributed by atoms with van der Waals surface area (Å²) in [5, 5.41) is 6.85. The van der Waals surface area contributed by atoms with Crippen LogP contribution in [0.4, 0.5) is 5.82 Å². The van der Waals surface area contributed by atoms with Crippen molar-refractivity contribution >= 4 is 16.9 Å². The molecule has 6 heteroatoms. The van der Waals surface area contributed by atoms with Crippen molar-refractivity contribution in [1.82, 2.24) is 14.8 Å². The molecule has 0 aliphatic carbocycles. The van der Waals surface area contributed by atoms with Gasteiger partial charge in [0, 0.05) is 18.2 Å². The van der Waals surface area contributed by atoms with E-state index in [1.807, 2.05) is 19.1 Å². The van der Waals surface area contributed by atoms with Gasteiger partial charge < -0.3 is 10.2 Å². The molecule has 2 aromatic heterocycles. The summed E-state index contributed by atoms with van der Waals surface area (Å²) in [6, 6.07) is 5.51. The van der Waals surface area contributed by atoms with Gasteiger partial charge in [-0.25, -0.2) is 4.79 Å². The molecule has 0 radical (unpaired) electrons. The maximum absolute atomic E-state index is 11.4. The van der Waals surface area contributed by atoms with Crippen molar-refractivity contribution in [3.05, 3.63) is 34.3 Å². The van der Waals surface area contributed by atoms with E-state index in [0.717, 1.165) is 22.3 Å². The molecule has 3 N–H and O–H groups in total. The van der Waals surface area contributed by atoms with Crippen molar-refractivity contribution in [3.8, 4) is 11.3 Å². The summed E-state index contributed by atoms with van der Waals surface area (Å²) in [6.45, 7) is 1.90. The zero-order chi connectivity index (χ0) is 12.9. The summed E-state index contributed by atoms with van der Waals surface area (Å²) in [6.07, 6.45) is 0. The Morgan fingerprint density at radius 3 is 2.89 bits per heavy atom. The van der Waals surface area contributed by atoms with E-state index in [9.17, 15) is 4.79 Å². The molecule has 3 aromatic rings. The Bertz CT molecular complexity index is 794. The number of hydrogen-bond donors (Lipinski definition) is 2. The number of aromatic amines is 1. The minimum absolute atomic E-state index is 0.372. The largest absolute Gasteiger partial charge is 0.419 e. The summed E-state index contributed by atoms with van der Waals surface area (Å²) in [7, 11) is 1.67. The van der Waals surface area contributed by atoms with Gasteiger partial charge in [-0.1, -0.05) is 0 Å². The SMILES string of the molecule is Cc1c(N)n[nH]c1-c1ccc2oc(=O)n(C)c2c1. The van der Waals surface area contributed by atoms with Gasteiger partial charge in [-0.05, 0) is 25.1 Å². The van der Waals surface area contributed by atoms with Crippen molar-refractivity contribution in [2.75, 3.05) is 5.73 Å². The number of nitrogens with two attached hydrogens (primary N) is 1. The number of H-pyrrole nitrogens is 1. The number of anilines is 1. The molecular formula is C12H12N4O2. The predicted molar refractivity (Wildman–Crippen MR) is 68.2 cm³/mol. The quantitative estimate of drug-likeness (QED) is 0.677. The van der Waals surface area contributed by atoms with Gasteiger partial charge in [0.15, 0.2) is 5.58 Å². The van der Waals surface area contributed by atoms with Gasteiger partial charge in [0.1, 0.15) is 5.82 Å². The standard InChI is InChI=1S/C12H12N4O2/c1-6-10(14-15-11(6)13)7-3-4-9-8(5-7)16(2)12(17)18-9/h3-5H,1-2H3,(H3,13,14,15). The number of nitrogens with one attached hydrogen (secondary N) is 1. The second-order valence-corrected chi connectivity index (χ2v) is 4.22. The molecule has 0 aliphatic heterocycles. The third-order valence-corrected chi connectivity index (χ3v) is 3.13. The van der Waals surface area contributed by atoms with Crippen molar-refractivity contribution in [1.29, 1.82) is 0 Å². The van der Waals surface area contributed by atoms with Crippen LogP contribution in [0.25, 0.3) is 22.4 Å². The van der Waals surface area contributed by atoms with Crippen LogP contribution in [0.15, 0.2) is 27.4 Å². The fourth-order valence-electron chi connectivity index (χ4n) is 1.98. The van der Waals surface area contributed by atoms with Crippen LogP contribution in [-0.2, 0) is 7.05 Å². The van der Waals surface area contributed by atoms with E-state index in [2.05, 4.69) is 10.2 Å². The highest BCUT2D eigenvalue weighted by molar-refractivity contribution is 5.81. The van der Waals surface area contributed by atoms with Crippen LogP contribution in [0, 0.1) is 6.92 Å². The average Bonchev–Trinajstić information content (AvgIpc) is 2.83. The smallest absolute Gasteiger partial charge is 0.408 e. The van der Waals surface area contributed by atoms with Crippen LogP contribution in [0.2, 0.25) is 0 Å². The summed E-state index contributed by atoms with van der Waals surface area (Å²) in [4.78, 5) is 11.4. The van der Waals surface area contributed by atoms with Gasteiger partial charge in [-0.3, -0.25) is 9.67 Å². The van der Waals surface area contributed by atoms with Crippen molar-refractivity contribution in [2.45, 2.75) is 6.92 Å². The summed E-state index contributed by atoms with van der Waals surface area (Å²) in [5.41, 5.74) is 9.67. The maximum atomic E-state index is 11.4. The number of aromatic nitrogens is 3. The Kier molecular flexibility index (Phi) is 2.07.